The van der Waals surface area contributed by atoms with Gasteiger partial charge in [-0.05, 0) is 63.2 Å². The summed E-state index contributed by atoms with van der Waals surface area (Å²) in [5.74, 6) is 2.60. The van der Waals surface area contributed by atoms with Gasteiger partial charge in [-0.15, -0.1) is 0 Å². The first-order valence-corrected chi connectivity index (χ1v) is 8.87. The molecule has 1 N–H and O–H groups in total. The highest BCUT2D eigenvalue weighted by Gasteiger charge is 2.52. The smallest absolute Gasteiger partial charge is 0.139 e. The van der Waals surface area contributed by atoms with Crippen LogP contribution in [0.25, 0.3) is 0 Å². The van der Waals surface area contributed by atoms with Crippen molar-refractivity contribution in [1.29, 1.82) is 0 Å². The van der Waals surface area contributed by atoms with Gasteiger partial charge in [0.15, 0.2) is 0 Å². The number of carbonyl (C=O) groups is 1. The van der Waals surface area contributed by atoms with Gasteiger partial charge in [0.1, 0.15) is 5.78 Å². The largest absolute Gasteiger partial charge is 0.393 e. The van der Waals surface area contributed by atoms with E-state index in [9.17, 15) is 9.90 Å². The number of fused-ring (bicyclic) bond motifs is 3. The summed E-state index contributed by atoms with van der Waals surface area (Å²) in [6.07, 6.45) is 11.7. The minimum absolute atomic E-state index is 0.0213. The van der Waals surface area contributed by atoms with Crippen LogP contribution >= 0.6 is 0 Å². The van der Waals surface area contributed by atoms with E-state index in [0.29, 0.717) is 17.6 Å². The van der Waals surface area contributed by atoms with Gasteiger partial charge in [-0.25, -0.2) is 0 Å². The van der Waals surface area contributed by atoms with E-state index in [2.05, 4.69) is 19.9 Å². The lowest BCUT2D eigenvalue weighted by atomic mass is 9.58. The Kier molecular flexibility index (Phi) is 4.27. The third-order valence-electron chi connectivity index (χ3n) is 6.70. The van der Waals surface area contributed by atoms with Gasteiger partial charge in [0.05, 0.1) is 6.10 Å². The van der Waals surface area contributed by atoms with Crippen molar-refractivity contribution >= 4 is 5.78 Å². The minimum atomic E-state index is -0.153. The van der Waals surface area contributed by atoms with Crippen LogP contribution in [0.2, 0.25) is 0 Å². The van der Waals surface area contributed by atoms with E-state index in [0.717, 1.165) is 50.9 Å². The zero-order valence-corrected chi connectivity index (χ0v) is 13.6. The molecule has 0 radical (unpaired) electrons. The molecule has 0 aromatic rings. The molecule has 21 heavy (non-hydrogen) atoms. The van der Waals surface area contributed by atoms with Crippen molar-refractivity contribution in [2.24, 2.45) is 23.2 Å². The topological polar surface area (TPSA) is 37.3 Å². The fraction of sp³-hybridized carbons (Fsp3) is 0.842. The molecule has 3 aliphatic rings. The number of aliphatic hydroxyl groups excluding tert-OH is 1. The summed E-state index contributed by atoms with van der Waals surface area (Å²) in [7, 11) is 0. The van der Waals surface area contributed by atoms with Crippen LogP contribution in [0, 0.1) is 23.2 Å². The lowest BCUT2D eigenvalue weighted by Crippen LogP contribution is -2.41. The highest BCUT2D eigenvalue weighted by Crippen LogP contribution is 2.56. The zero-order chi connectivity index (χ0) is 15.0. The molecule has 3 rings (SSSR count). The summed E-state index contributed by atoms with van der Waals surface area (Å²) < 4.78 is 0. The molecule has 2 saturated carbocycles. The Morgan fingerprint density at radius 2 is 2.05 bits per heavy atom. The molecule has 0 spiro atoms. The highest BCUT2D eigenvalue weighted by atomic mass is 16.3. The van der Waals surface area contributed by atoms with Gasteiger partial charge in [0, 0.05) is 11.8 Å². The first-order chi connectivity index (χ1) is 10.0. The lowest BCUT2D eigenvalue weighted by molar-refractivity contribution is -0.130. The molecule has 0 bridgehead atoms. The van der Waals surface area contributed by atoms with Crippen molar-refractivity contribution in [3.63, 3.8) is 0 Å². The molecule has 5 atom stereocenters. The van der Waals surface area contributed by atoms with E-state index in [1.807, 2.05) is 0 Å². The maximum atomic E-state index is 12.3. The standard InChI is InChI=1S/C19H30O2/c1-13-6-7-16-14(4-3-5-15(20)12-13)10-11-19(2)17(16)8-9-18(19)21/h6,14-17,20H,3-5,7-12H2,1-2H3. The Morgan fingerprint density at radius 3 is 2.86 bits per heavy atom. The monoisotopic (exact) mass is 290 g/mol. The summed E-state index contributed by atoms with van der Waals surface area (Å²) in [4.78, 5) is 12.3. The molecule has 0 amide bonds. The molecule has 5 unspecified atom stereocenters. The summed E-state index contributed by atoms with van der Waals surface area (Å²) in [5.41, 5.74) is 1.31. The molecule has 118 valence electrons. The zero-order valence-electron chi connectivity index (χ0n) is 13.6. The average molecular weight is 290 g/mol. The highest BCUT2D eigenvalue weighted by molar-refractivity contribution is 5.87. The number of Topliss-reactive ketones (excluding diaryl/α,β-unsaturated/α-hetero) is 1. The molecule has 2 heteroatoms. The number of ketones is 1. The van der Waals surface area contributed by atoms with Crippen molar-refractivity contribution < 1.29 is 9.90 Å². The third kappa shape index (κ3) is 2.84. The van der Waals surface area contributed by atoms with Gasteiger partial charge >= 0.3 is 0 Å². The minimum Gasteiger partial charge on any atom is -0.393 e. The number of aliphatic hydroxyl groups is 1. The van der Waals surface area contributed by atoms with E-state index in [-0.39, 0.29) is 11.5 Å². The van der Waals surface area contributed by atoms with Gasteiger partial charge < -0.3 is 5.11 Å². The summed E-state index contributed by atoms with van der Waals surface area (Å²) >= 11 is 0. The first-order valence-electron chi connectivity index (χ1n) is 8.87. The number of rotatable bonds is 0. The molecular formula is C19H30O2. The van der Waals surface area contributed by atoms with Gasteiger partial charge in [0.2, 0.25) is 0 Å². The van der Waals surface area contributed by atoms with Crippen LogP contribution in [0.3, 0.4) is 0 Å². The average Bonchev–Trinajstić information content (AvgIpc) is 2.73. The molecular weight excluding hydrogens is 260 g/mol. The normalized spacial score (nSPS) is 44.7. The third-order valence-corrected chi connectivity index (χ3v) is 6.70. The SMILES string of the molecule is CC1=CCC2C(CCCC(O)C1)CCC1(C)C(=O)CCC21. The van der Waals surface area contributed by atoms with E-state index in [1.54, 1.807) is 0 Å². The summed E-state index contributed by atoms with van der Waals surface area (Å²) in [5, 5.41) is 10.0. The van der Waals surface area contributed by atoms with Crippen molar-refractivity contribution in [3.8, 4) is 0 Å². The molecule has 0 aromatic heterocycles. The molecule has 0 aliphatic heterocycles. The molecule has 0 saturated heterocycles. The van der Waals surface area contributed by atoms with Gasteiger partial charge in [-0.1, -0.05) is 31.4 Å². The molecule has 2 fully saturated rings. The fourth-order valence-corrected chi connectivity index (χ4v) is 5.36. The Hall–Kier alpha value is -0.630. The second-order valence-electron chi connectivity index (χ2n) is 8.02. The molecule has 3 aliphatic carbocycles. The summed E-state index contributed by atoms with van der Waals surface area (Å²) in [6, 6.07) is 0. The number of carbonyl (C=O) groups excluding carboxylic acids is 1. The predicted octanol–water partition coefficient (Wildman–Crippen LogP) is 4.27. The van der Waals surface area contributed by atoms with E-state index >= 15 is 0 Å². The first kappa shape index (κ1) is 15.3. The van der Waals surface area contributed by atoms with Crippen LogP contribution in [0.4, 0.5) is 0 Å². The number of hydrogen-bond acceptors (Lipinski definition) is 2. The Balaban J connectivity index is 1.83. The van der Waals surface area contributed by atoms with Crippen LogP contribution in [0.5, 0.6) is 0 Å². The predicted molar refractivity (Wildman–Crippen MR) is 84.9 cm³/mol. The van der Waals surface area contributed by atoms with Gasteiger partial charge in [0.25, 0.3) is 0 Å². The quantitative estimate of drug-likeness (QED) is 0.676. The van der Waals surface area contributed by atoms with Crippen LogP contribution in [-0.2, 0) is 4.79 Å². The van der Waals surface area contributed by atoms with E-state index < -0.39 is 0 Å². The second kappa shape index (κ2) is 5.87. The van der Waals surface area contributed by atoms with Gasteiger partial charge in [-0.3, -0.25) is 4.79 Å². The maximum absolute atomic E-state index is 12.3. The van der Waals surface area contributed by atoms with E-state index in [1.165, 1.54) is 18.4 Å². The van der Waals surface area contributed by atoms with Crippen LogP contribution in [-0.4, -0.2) is 17.0 Å². The molecule has 2 nitrogen and oxygen atoms in total. The van der Waals surface area contributed by atoms with Crippen LogP contribution in [0.15, 0.2) is 11.6 Å². The second-order valence-corrected chi connectivity index (χ2v) is 8.02. The van der Waals surface area contributed by atoms with Crippen LogP contribution in [0.1, 0.15) is 71.6 Å². The lowest BCUT2D eigenvalue weighted by Gasteiger charge is -2.45. The maximum Gasteiger partial charge on any atom is 0.139 e. The number of allylic oxidation sites excluding steroid dienone is 1. The Morgan fingerprint density at radius 1 is 1.24 bits per heavy atom. The Labute approximate surface area is 129 Å². The van der Waals surface area contributed by atoms with Crippen molar-refractivity contribution in [3.05, 3.63) is 11.6 Å². The van der Waals surface area contributed by atoms with Gasteiger partial charge in [-0.2, -0.15) is 0 Å². The fourth-order valence-electron chi connectivity index (χ4n) is 5.36. The van der Waals surface area contributed by atoms with Crippen molar-refractivity contribution in [1.82, 2.24) is 0 Å². The van der Waals surface area contributed by atoms with Crippen LogP contribution < -0.4 is 0 Å². The Bertz CT molecular complexity index is 439. The molecule has 0 heterocycles. The molecule has 0 aromatic carbocycles. The number of hydrogen-bond donors (Lipinski definition) is 1. The summed E-state index contributed by atoms with van der Waals surface area (Å²) in [6.45, 7) is 4.39. The van der Waals surface area contributed by atoms with Crippen molar-refractivity contribution in [2.75, 3.05) is 0 Å². The van der Waals surface area contributed by atoms with Crippen molar-refractivity contribution in [2.45, 2.75) is 77.7 Å². The van der Waals surface area contributed by atoms with E-state index in [4.69, 9.17) is 0 Å².